The summed E-state index contributed by atoms with van der Waals surface area (Å²) in [5.74, 6) is -0.0576. The highest BCUT2D eigenvalue weighted by molar-refractivity contribution is 5.96. The number of rotatable bonds is 6. The Hall–Kier alpha value is -1.88. The van der Waals surface area contributed by atoms with Crippen LogP contribution in [0.3, 0.4) is 0 Å². The highest BCUT2D eigenvalue weighted by Crippen LogP contribution is 2.21. The van der Waals surface area contributed by atoms with Crippen molar-refractivity contribution in [3.63, 3.8) is 0 Å². The van der Waals surface area contributed by atoms with Gasteiger partial charge in [-0.25, -0.2) is 0 Å². The van der Waals surface area contributed by atoms with Crippen LogP contribution < -0.4 is 10.2 Å². The predicted molar refractivity (Wildman–Crippen MR) is 85.9 cm³/mol. The third-order valence-corrected chi connectivity index (χ3v) is 3.88. The third kappa shape index (κ3) is 4.31. The Labute approximate surface area is 131 Å². The molecule has 0 radical (unpaired) electrons. The number of nitrogens with zero attached hydrogens (tertiary/aromatic N) is 1. The number of aliphatic hydroxyl groups is 1. The Morgan fingerprint density at radius 1 is 1.32 bits per heavy atom. The number of amides is 2. The number of nitrogens with one attached hydrogen (secondary N) is 1. The third-order valence-electron chi connectivity index (χ3n) is 3.88. The largest absolute Gasteiger partial charge is 0.391 e. The molecule has 1 heterocycles. The van der Waals surface area contributed by atoms with Gasteiger partial charge in [0.05, 0.1) is 6.10 Å². The number of benzene rings is 1. The molecule has 0 saturated carbocycles. The Morgan fingerprint density at radius 3 is 2.68 bits per heavy atom. The molecule has 0 spiro atoms. The number of piperidine rings is 1. The van der Waals surface area contributed by atoms with Crippen molar-refractivity contribution in [2.24, 2.45) is 0 Å². The fourth-order valence-electron chi connectivity index (χ4n) is 2.62. The van der Waals surface area contributed by atoms with Gasteiger partial charge in [-0.05, 0) is 43.5 Å². The van der Waals surface area contributed by atoms with E-state index in [1.807, 2.05) is 6.92 Å². The van der Waals surface area contributed by atoms with Crippen LogP contribution in [0.4, 0.5) is 5.69 Å². The Kier molecular flexibility index (Phi) is 5.95. The molecule has 2 rings (SSSR count). The molecule has 22 heavy (non-hydrogen) atoms. The minimum atomic E-state index is -0.501. The van der Waals surface area contributed by atoms with Gasteiger partial charge in [0, 0.05) is 30.8 Å². The first-order chi connectivity index (χ1) is 10.6. The average Bonchev–Trinajstić information content (AvgIpc) is 2.53. The summed E-state index contributed by atoms with van der Waals surface area (Å²) in [6, 6.07) is 7.05. The lowest BCUT2D eigenvalue weighted by Gasteiger charge is -2.26. The van der Waals surface area contributed by atoms with Crippen LogP contribution >= 0.6 is 0 Å². The zero-order valence-electron chi connectivity index (χ0n) is 13.0. The maximum atomic E-state index is 12.0. The summed E-state index contributed by atoms with van der Waals surface area (Å²) in [5.41, 5.74) is 1.38. The number of anilines is 1. The molecule has 1 atom stereocenters. The fraction of sp³-hybridized carbons (Fsp3) is 0.529. The van der Waals surface area contributed by atoms with Crippen molar-refractivity contribution in [1.29, 1.82) is 0 Å². The Bertz CT molecular complexity index is 513. The monoisotopic (exact) mass is 304 g/mol. The first kappa shape index (κ1) is 16.5. The van der Waals surface area contributed by atoms with Crippen molar-refractivity contribution >= 4 is 17.5 Å². The zero-order chi connectivity index (χ0) is 15.9. The normalized spacial score (nSPS) is 16.5. The van der Waals surface area contributed by atoms with E-state index in [1.165, 1.54) is 0 Å². The van der Waals surface area contributed by atoms with E-state index < -0.39 is 6.10 Å². The van der Waals surface area contributed by atoms with Gasteiger partial charge >= 0.3 is 0 Å². The molecule has 2 N–H and O–H groups in total. The van der Waals surface area contributed by atoms with Crippen molar-refractivity contribution in [2.45, 2.75) is 45.1 Å². The van der Waals surface area contributed by atoms with Crippen LogP contribution in [0.25, 0.3) is 0 Å². The standard InChI is InChI=1S/C17H24N2O3/c1-2-5-15(20)12-18-17(22)13-7-9-14(10-8-13)19-11-4-3-6-16(19)21/h7-10,15,20H,2-6,11-12H2,1H3,(H,18,22). The second-order valence-corrected chi connectivity index (χ2v) is 5.70. The molecule has 1 fully saturated rings. The van der Waals surface area contributed by atoms with Crippen LogP contribution in [0, 0.1) is 0 Å². The van der Waals surface area contributed by atoms with Crippen LogP contribution in [0.1, 0.15) is 49.4 Å². The predicted octanol–water partition coefficient (Wildman–Crippen LogP) is 2.09. The van der Waals surface area contributed by atoms with Crippen molar-refractivity contribution < 1.29 is 14.7 Å². The summed E-state index contributed by atoms with van der Waals surface area (Å²) in [6.45, 7) is 3.00. The molecule has 2 amide bonds. The van der Waals surface area contributed by atoms with Crippen molar-refractivity contribution in [3.05, 3.63) is 29.8 Å². The van der Waals surface area contributed by atoms with E-state index in [1.54, 1.807) is 29.2 Å². The lowest BCUT2D eigenvalue weighted by Crippen LogP contribution is -2.35. The van der Waals surface area contributed by atoms with E-state index >= 15 is 0 Å². The van der Waals surface area contributed by atoms with Crippen molar-refractivity contribution in [3.8, 4) is 0 Å². The molecule has 5 heteroatoms. The maximum absolute atomic E-state index is 12.0. The molecular weight excluding hydrogens is 280 g/mol. The second-order valence-electron chi connectivity index (χ2n) is 5.70. The summed E-state index contributed by atoms with van der Waals surface area (Å²) in [6.07, 6.45) is 3.63. The Balaban J connectivity index is 1.93. The molecule has 1 aliphatic rings. The number of carbonyl (C=O) groups excluding carboxylic acids is 2. The fourth-order valence-corrected chi connectivity index (χ4v) is 2.62. The molecule has 0 aliphatic carbocycles. The van der Waals surface area contributed by atoms with Crippen molar-refractivity contribution in [2.75, 3.05) is 18.0 Å². The summed E-state index contributed by atoms with van der Waals surface area (Å²) in [5, 5.41) is 12.4. The van der Waals surface area contributed by atoms with Crippen molar-refractivity contribution in [1.82, 2.24) is 5.32 Å². The molecule has 0 aromatic heterocycles. The van der Waals surface area contributed by atoms with Crippen LogP contribution in [-0.4, -0.2) is 36.1 Å². The van der Waals surface area contributed by atoms with Crippen LogP contribution in [0.15, 0.2) is 24.3 Å². The average molecular weight is 304 g/mol. The minimum Gasteiger partial charge on any atom is -0.391 e. The first-order valence-corrected chi connectivity index (χ1v) is 7.98. The maximum Gasteiger partial charge on any atom is 0.251 e. The number of carbonyl (C=O) groups is 2. The lowest BCUT2D eigenvalue weighted by atomic mass is 10.1. The van der Waals surface area contributed by atoms with Crippen LogP contribution in [-0.2, 0) is 4.79 Å². The minimum absolute atomic E-state index is 0.145. The quantitative estimate of drug-likeness (QED) is 0.845. The highest BCUT2D eigenvalue weighted by atomic mass is 16.3. The van der Waals surface area contributed by atoms with E-state index in [2.05, 4.69) is 5.32 Å². The topological polar surface area (TPSA) is 69.6 Å². The molecule has 1 saturated heterocycles. The van der Waals surface area contributed by atoms with E-state index in [0.29, 0.717) is 18.4 Å². The van der Waals surface area contributed by atoms with Gasteiger partial charge in [-0.3, -0.25) is 9.59 Å². The van der Waals surface area contributed by atoms with E-state index in [9.17, 15) is 14.7 Å². The number of hydrogen-bond acceptors (Lipinski definition) is 3. The number of aliphatic hydroxyl groups excluding tert-OH is 1. The summed E-state index contributed by atoms with van der Waals surface area (Å²) in [4.78, 5) is 25.6. The highest BCUT2D eigenvalue weighted by Gasteiger charge is 2.19. The van der Waals surface area contributed by atoms with E-state index in [0.717, 1.165) is 31.5 Å². The van der Waals surface area contributed by atoms with Gasteiger partial charge in [0.1, 0.15) is 0 Å². The van der Waals surface area contributed by atoms with Gasteiger partial charge in [0.2, 0.25) is 5.91 Å². The lowest BCUT2D eigenvalue weighted by molar-refractivity contribution is -0.119. The molecule has 120 valence electrons. The summed E-state index contributed by atoms with van der Waals surface area (Å²) >= 11 is 0. The van der Waals surface area contributed by atoms with E-state index in [4.69, 9.17) is 0 Å². The first-order valence-electron chi connectivity index (χ1n) is 7.98. The molecule has 1 unspecified atom stereocenters. The molecule has 1 aromatic rings. The summed E-state index contributed by atoms with van der Waals surface area (Å²) < 4.78 is 0. The van der Waals surface area contributed by atoms with Gasteiger partial charge in [0.25, 0.3) is 5.91 Å². The van der Waals surface area contributed by atoms with Gasteiger partial charge in [0.15, 0.2) is 0 Å². The molecular formula is C17H24N2O3. The molecule has 1 aromatic carbocycles. The second kappa shape index (κ2) is 7.94. The SMILES string of the molecule is CCCC(O)CNC(=O)c1ccc(N2CCCCC2=O)cc1. The van der Waals surface area contributed by atoms with Gasteiger partial charge in [-0.1, -0.05) is 13.3 Å². The smallest absolute Gasteiger partial charge is 0.251 e. The Morgan fingerprint density at radius 2 is 2.05 bits per heavy atom. The van der Waals surface area contributed by atoms with Crippen LogP contribution in [0.2, 0.25) is 0 Å². The van der Waals surface area contributed by atoms with Gasteiger partial charge < -0.3 is 15.3 Å². The van der Waals surface area contributed by atoms with E-state index in [-0.39, 0.29) is 18.4 Å². The van der Waals surface area contributed by atoms with Crippen LogP contribution in [0.5, 0.6) is 0 Å². The summed E-state index contributed by atoms with van der Waals surface area (Å²) in [7, 11) is 0. The molecule has 5 nitrogen and oxygen atoms in total. The van der Waals surface area contributed by atoms with Gasteiger partial charge in [-0.15, -0.1) is 0 Å². The molecule has 0 bridgehead atoms. The number of hydrogen-bond donors (Lipinski definition) is 2. The van der Waals surface area contributed by atoms with Gasteiger partial charge in [-0.2, -0.15) is 0 Å². The zero-order valence-corrected chi connectivity index (χ0v) is 13.0. The molecule has 1 aliphatic heterocycles.